The second kappa shape index (κ2) is 7.43. The number of rotatable bonds is 5. The zero-order valence-corrected chi connectivity index (χ0v) is 16.4. The Bertz CT molecular complexity index is 1130. The van der Waals surface area contributed by atoms with Crippen LogP contribution in [0.15, 0.2) is 39.0 Å². The van der Waals surface area contributed by atoms with Crippen molar-refractivity contribution in [3.63, 3.8) is 0 Å². The van der Waals surface area contributed by atoms with Crippen LogP contribution in [0.5, 0.6) is 0 Å². The fraction of sp³-hybridized carbons (Fsp3) is 0.333. The number of thioether (sulfide) groups is 1. The molecule has 142 valence electrons. The van der Waals surface area contributed by atoms with Crippen molar-refractivity contribution in [2.45, 2.75) is 18.6 Å². The van der Waals surface area contributed by atoms with Gasteiger partial charge in [-0.25, -0.2) is 9.78 Å². The fourth-order valence-electron chi connectivity index (χ4n) is 2.74. The van der Waals surface area contributed by atoms with Crippen LogP contribution >= 0.6 is 11.8 Å². The van der Waals surface area contributed by atoms with Gasteiger partial charge in [0.1, 0.15) is 0 Å². The number of esters is 1. The van der Waals surface area contributed by atoms with Gasteiger partial charge >= 0.3 is 11.7 Å². The zero-order valence-electron chi connectivity index (χ0n) is 15.6. The second-order valence-corrected chi connectivity index (χ2v) is 7.15. The predicted octanol–water partition coefficient (Wildman–Crippen LogP) is 1.06. The van der Waals surface area contributed by atoms with Crippen LogP contribution in [0.25, 0.3) is 11.2 Å². The number of carbonyl (C=O) groups excluding carboxylic acids is 1. The molecular formula is C18H20N4O4S. The highest BCUT2D eigenvalue weighted by molar-refractivity contribution is 7.99. The molecule has 3 aromatic rings. The van der Waals surface area contributed by atoms with E-state index in [9.17, 15) is 14.4 Å². The van der Waals surface area contributed by atoms with Gasteiger partial charge in [-0.05, 0) is 12.5 Å². The van der Waals surface area contributed by atoms with E-state index in [0.717, 1.165) is 15.7 Å². The van der Waals surface area contributed by atoms with Gasteiger partial charge in [0.15, 0.2) is 16.3 Å². The molecule has 0 bridgehead atoms. The third-order valence-electron chi connectivity index (χ3n) is 4.32. The van der Waals surface area contributed by atoms with Gasteiger partial charge in [-0.15, -0.1) is 0 Å². The number of ether oxygens (including phenoxy) is 1. The highest BCUT2D eigenvalue weighted by Crippen LogP contribution is 2.23. The van der Waals surface area contributed by atoms with Gasteiger partial charge in [0.2, 0.25) is 0 Å². The largest absolute Gasteiger partial charge is 0.468 e. The molecule has 8 nitrogen and oxygen atoms in total. The number of benzene rings is 1. The number of hydrogen-bond acceptors (Lipinski definition) is 6. The molecule has 0 amide bonds. The molecule has 27 heavy (non-hydrogen) atoms. The molecule has 2 aromatic heterocycles. The van der Waals surface area contributed by atoms with E-state index in [-0.39, 0.29) is 5.75 Å². The Morgan fingerprint density at radius 1 is 1.15 bits per heavy atom. The van der Waals surface area contributed by atoms with Crippen molar-refractivity contribution in [1.29, 1.82) is 0 Å². The Labute approximate surface area is 159 Å². The van der Waals surface area contributed by atoms with Gasteiger partial charge in [-0.3, -0.25) is 18.7 Å². The lowest BCUT2D eigenvalue weighted by Gasteiger charge is -2.09. The lowest BCUT2D eigenvalue weighted by molar-refractivity contribution is -0.137. The van der Waals surface area contributed by atoms with E-state index < -0.39 is 17.2 Å². The molecule has 0 aliphatic heterocycles. The first-order valence-electron chi connectivity index (χ1n) is 8.25. The van der Waals surface area contributed by atoms with Gasteiger partial charge < -0.3 is 9.30 Å². The van der Waals surface area contributed by atoms with Crippen molar-refractivity contribution < 1.29 is 9.53 Å². The molecule has 3 rings (SSSR count). The number of methoxy groups -OCH3 is 1. The first kappa shape index (κ1) is 19.0. The van der Waals surface area contributed by atoms with Crippen LogP contribution in [0.4, 0.5) is 0 Å². The normalized spacial score (nSPS) is 11.1. The summed E-state index contributed by atoms with van der Waals surface area (Å²) >= 11 is 1.17. The molecule has 0 unspecified atom stereocenters. The molecule has 2 heterocycles. The molecular weight excluding hydrogens is 368 g/mol. The van der Waals surface area contributed by atoms with E-state index in [1.807, 2.05) is 31.2 Å². The highest BCUT2D eigenvalue weighted by atomic mass is 32.2. The first-order chi connectivity index (χ1) is 12.8. The van der Waals surface area contributed by atoms with E-state index in [1.54, 1.807) is 11.6 Å². The molecule has 0 aliphatic rings. The maximum absolute atomic E-state index is 12.8. The Kier molecular flexibility index (Phi) is 5.22. The molecule has 1 aromatic carbocycles. The highest BCUT2D eigenvalue weighted by Gasteiger charge is 2.20. The van der Waals surface area contributed by atoms with E-state index in [0.29, 0.717) is 22.9 Å². The summed E-state index contributed by atoms with van der Waals surface area (Å²) < 4.78 is 8.83. The van der Waals surface area contributed by atoms with Crippen molar-refractivity contribution in [3.05, 3.63) is 56.2 Å². The molecule has 0 aliphatic carbocycles. The lowest BCUT2D eigenvalue weighted by atomic mass is 10.1. The molecule has 0 radical (unpaired) electrons. The fourth-order valence-corrected chi connectivity index (χ4v) is 3.57. The third-order valence-corrected chi connectivity index (χ3v) is 5.27. The van der Waals surface area contributed by atoms with Crippen molar-refractivity contribution in [2.24, 2.45) is 14.1 Å². The van der Waals surface area contributed by atoms with Crippen LogP contribution in [0, 0.1) is 6.92 Å². The average molecular weight is 388 g/mol. The maximum Gasteiger partial charge on any atom is 0.332 e. The molecule has 9 heteroatoms. The Balaban J connectivity index is 2.19. The quantitative estimate of drug-likeness (QED) is 0.480. The van der Waals surface area contributed by atoms with Gasteiger partial charge in [0.25, 0.3) is 5.56 Å². The summed E-state index contributed by atoms with van der Waals surface area (Å²) in [5, 5.41) is 0.481. The minimum atomic E-state index is -0.447. The van der Waals surface area contributed by atoms with Crippen LogP contribution in [0.2, 0.25) is 0 Å². The van der Waals surface area contributed by atoms with E-state index in [4.69, 9.17) is 0 Å². The maximum atomic E-state index is 12.8. The van der Waals surface area contributed by atoms with E-state index in [2.05, 4.69) is 9.72 Å². The van der Waals surface area contributed by atoms with Crippen LogP contribution in [-0.2, 0) is 30.2 Å². The number of hydrogen-bond donors (Lipinski definition) is 0. The standard InChI is InChI=1S/C18H20N4O4S/c1-11-5-7-12(8-6-11)9-22-14-15(19-17(22)27-10-13(23)26-4)20(2)18(25)21(3)16(14)24/h5-8H,9-10H2,1-4H3. The molecule has 0 saturated heterocycles. The summed E-state index contributed by atoms with van der Waals surface area (Å²) in [6.45, 7) is 2.40. The third kappa shape index (κ3) is 3.55. The average Bonchev–Trinajstić information content (AvgIpc) is 3.02. The Morgan fingerprint density at radius 3 is 2.44 bits per heavy atom. The molecule has 0 saturated carbocycles. The summed E-state index contributed by atoms with van der Waals surface area (Å²) in [4.78, 5) is 41.0. The van der Waals surface area contributed by atoms with Crippen LogP contribution in [0.3, 0.4) is 0 Å². The smallest absolute Gasteiger partial charge is 0.332 e. The van der Waals surface area contributed by atoms with Crippen molar-refractivity contribution in [3.8, 4) is 0 Å². The summed E-state index contributed by atoms with van der Waals surface area (Å²) in [7, 11) is 4.33. The van der Waals surface area contributed by atoms with Gasteiger partial charge in [0, 0.05) is 14.1 Å². The molecule has 0 atom stereocenters. The van der Waals surface area contributed by atoms with Crippen molar-refractivity contribution in [2.75, 3.05) is 12.9 Å². The summed E-state index contributed by atoms with van der Waals surface area (Å²) in [5.41, 5.74) is 1.87. The van der Waals surface area contributed by atoms with Crippen LogP contribution < -0.4 is 11.2 Å². The molecule has 0 fully saturated rings. The van der Waals surface area contributed by atoms with E-state index in [1.165, 1.54) is 30.5 Å². The number of aryl methyl sites for hydroxylation is 2. The summed E-state index contributed by atoms with van der Waals surface area (Å²) in [5.74, 6) is -0.335. The van der Waals surface area contributed by atoms with Crippen molar-refractivity contribution >= 4 is 28.9 Å². The van der Waals surface area contributed by atoms with Crippen LogP contribution in [-0.4, -0.2) is 37.5 Å². The SMILES string of the molecule is COC(=O)CSc1nc2c(c(=O)n(C)c(=O)n2C)n1Cc1ccc(C)cc1. The lowest BCUT2D eigenvalue weighted by Crippen LogP contribution is -2.37. The van der Waals surface area contributed by atoms with Crippen molar-refractivity contribution in [1.82, 2.24) is 18.7 Å². The molecule has 0 N–H and O–H groups in total. The number of imidazole rings is 1. The zero-order chi connectivity index (χ0) is 19.7. The summed E-state index contributed by atoms with van der Waals surface area (Å²) in [6, 6.07) is 7.93. The van der Waals surface area contributed by atoms with Gasteiger partial charge in [-0.2, -0.15) is 0 Å². The minimum Gasteiger partial charge on any atom is -0.468 e. The van der Waals surface area contributed by atoms with Gasteiger partial charge in [-0.1, -0.05) is 41.6 Å². The Hall–Kier alpha value is -2.81. The van der Waals surface area contributed by atoms with E-state index >= 15 is 0 Å². The minimum absolute atomic E-state index is 0.0575. The van der Waals surface area contributed by atoms with Crippen LogP contribution in [0.1, 0.15) is 11.1 Å². The monoisotopic (exact) mass is 388 g/mol. The number of carbonyl (C=O) groups is 1. The number of fused-ring (bicyclic) bond motifs is 1. The number of nitrogens with zero attached hydrogens (tertiary/aromatic N) is 4. The van der Waals surface area contributed by atoms with Gasteiger partial charge in [0.05, 0.1) is 19.4 Å². The predicted molar refractivity (Wildman–Crippen MR) is 103 cm³/mol. The summed E-state index contributed by atoms with van der Waals surface area (Å²) in [6.07, 6.45) is 0. The Morgan fingerprint density at radius 2 is 1.81 bits per heavy atom. The first-order valence-corrected chi connectivity index (χ1v) is 9.23. The number of aromatic nitrogens is 4. The molecule has 0 spiro atoms. The second-order valence-electron chi connectivity index (χ2n) is 6.21. The topological polar surface area (TPSA) is 88.1 Å².